The summed E-state index contributed by atoms with van der Waals surface area (Å²) in [4.78, 5) is 11.2. The van der Waals surface area contributed by atoms with Gasteiger partial charge in [-0.25, -0.2) is 0 Å². The van der Waals surface area contributed by atoms with Gasteiger partial charge in [0, 0.05) is 12.5 Å². The van der Waals surface area contributed by atoms with Crippen LogP contribution in [0.15, 0.2) is 12.2 Å². The van der Waals surface area contributed by atoms with Gasteiger partial charge in [0.25, 0.3) is 0 Å². The van der Waals surface area contributed by atoms with E-state index >= 15 is 0 Å². The number of unbranched alkanes of at least 4 members (excludes halogenated alkanes) is 1. The van der Waals surface area contributed by atoms with E-state index in [0.29, 0.717) is 12.3 Å². The fourth-order valence-corrected chi connectivity index (χ4v) is 1.14. The van der Waals surface area contributed by atoms with Gasteiger partial charge < -0.3 is 5.32 Å². The first-order valence-electron chi connectivity index (χ1n) is 5.48. The normalized spacial score (nSPS) is 11.6. The van der Waals surface area contributed by atoms with E-state index in [1.165, 1.54) is 0 Å². The minimum atomic E-state index is 0.165. The van der Waals surface area contributed by atoms with Gasteiger partial charge >= 0.3 is 0 Å². The van der Waals surface area contributed by atoms with Gasteiger partial charge in [0.15, 0.2) is 0 Å². The van der Waals surface area contributed by atoms with Crippen LogP contribution in [0.1, 0.15) is 47.0 Å². The van der Waals surface area contributed by atoms with E-state index in [-0.39, 0.29) is 11.9 Å². The Balaban J connectivity index is 3.40. The van der Waals surface area contributed by atoms with Gasteiger partial charge in [-0.15, -0.1) is 0 Å². The van der Waals surface area contributed by atoms with Crippen LogP contribution in [-0.4, -0.2) is 11.9 Å². The quantitative estimate of drug-likeness (QED) is 0.515. The van der Waals surface area contributed by atoms with Gasteiger partial charge in [-0.3, -0.25) is 4.79 Å². The molecule has 0 atom stereocenters. The third kappa shape index (κ3) is 9.30. The lowest BCUT2D eigenvalue weighted by atomic mass is 10.1. The molecule has 0 aromatic heterocycles. The van der Waals surface area contributed by atoms with E-state index in [1.807, 2.05) is 13.8 Å². The fraction of sp³-hybridized carbons (Fsp3) is 0.750. The molecule has 82 valence electrons. The molecule has 0 aliphatic carbocycles. The van der Waals surface area contributed by atoms with Crippen molar-refractivity contribution in [3.63, 3.8) is 0 Å². The smallest absolute Gasteiger partial charge is 0.220 e. The molecule has 1 N–H and O–H groups in total. The van der Waals surface area contributed by atoms with E-state index in [0.717, 1.165) is 12.8 Å². The Morgan fingerprint density at radius 2 is 1.93 bits per heavy atom. The number of allylic oxidation sites excluding steroid dienone is 2. The molecule has 2 heteroatoms. The summed E-state index contributed by atoms with van der Waals surface area (Å²) in [6, 6.07) is 0.258. The first kappa shape index (κ1) is 13.2. The molecule has 0 bridgehead atoms. The Morgan fingerprint density at radius 1 is 1.29 bits per heavy atom. The van der Waals surface area contributed by atoms with Gasteiger partial charge in [0.05, 0.1) is 0 Å². The van der Waals surface area contributed by atoms with Gasteiger partial charge in [0.1, 0.15) is 0 Å². The largest absolute Gasteiger partial charge is 0.354 e. The molecule has 0 saturated heterocycles. The highest BCUT2D eigenvalue weighted by Gasteiger charge is 2.01. The molecule has 0 spiro atoms. The Kier molecular flexibility index (Phi) is 7.17. The maximum Gasteiger partial charge on any atom is 0.220 e. The van der Waals surface area contributed by atoms with Gasteiger partial charge in [-0.1, -0.05) is 26.0 Å². The fourth-order valence-electron chi connectivity index (χ4n) is 1.14. The number of amides is 1. The van der Waals surface area contributed by atoms with Crippen LogP contribution in [0.25, 0.3) is 0 Å². The average Bonchev–Trinajstić information content (AvgIpc) is 2.01. The van der Waals surface area contributed by atoms with Crippen molar-refractivity contribution >= 4 is 5.91 Å². The Morgan fingerprint density at radius 3 is 2.43 bits per heavy atom. The second-order valence-corrected chi connectivity index (χ2v) is 4.29. The predicted molar refractivity (Wildman–Crippen MR) is 61.1 cm³/mol. The molecule has 0 unspecified atom stereocenters. The van der Waals surface area contributed by atoms with Crippen molar-refractivity contribution in [3.05, 3.63) is 12.2 Å². The molecule has 0 fully saturated rings. The summed E-state index contributed by atoms with van der Waals surface area (Å²) in [5, 5.41) is 2.88. The van der Waals surface area contributed by atoms with Gasteiger partial charge in [-0.2, -0.15) is 0 Å². The van der Waals surface area contributed by atoms with Crippen molar-refractivity contribution in [1.82, 2.24) is 5.32 Å². The molecule has 0 aliphatic rings. The van der Waals surface area contributed by atoms with Crippen LogP contribution in [-0.2, 0) is 4.79 Å². The van der Waals surface area contributed by atoms with Crippen molar-refractivity contribution in [2.45, 2.75) is 53.0 Å². The highest BCUT2D eigenvalue weighted by molar-refractivity contribution is 5.76. The van der Waals surface area contributed by atoms with Crippen molar-refractivity contribution in [2.24, 2.45) is 5.92 Å². The number of rotatable bonds is 6. The molecule has 1 amide bonds. The molecule has 2 nitrogen and oxygen atoms in total. The second kappa shape index (κ2) is 7.60. The van der Waals surface area contributed by atoms with Crippen LogP contribution in [0.5, 0.6) is 0 Å². The highest BCUT2D eigenvalue weighted by Crippen LogP contribution is 2.00. The summed E-state index contributed by atoms with van der Waals surface area (Å²) in [5.74, 6) is 0.775. The molecule has 14 heavy (non-hydrogen) atoms. The lowest BCUT2D eigenvalue weighted by molar-refractivity contribution is -0.121. The predicted octanol–water partition coefficient (Wildman–Crippen LogP) is 2.89. The highest BCUT2D eigenvalue weighted by atomic mass is 16.1. The SMILES string of the molecule is CC(C)/C=C/CCCC(=O)NC(C)C. The number of hydrogen-bond acceptors (Lipinski definition) is 1. The van der Waals surface area contributed by atoms with Crippen LogP contribution in [0.2, 0.25) is 0 Å². The zero-order chi connectivity index (χ0) is 11.0. The third-order valence-electron chi connectivity index (χ3n) is 1.75. The van der Waals surface area contributed by atoms with Crippen molar-refractivity contribution in [2.75, 3.05) is 0 Å². The van der Waals surface area contributed by atoms with Crippen LogP contribution in [0.3, 0.4) is 0 Å². The summed E-state index contributed by atoms with van der Waals surface area (Å²) in [6.07, 6.45) is 6.93. The van der Waals surface area contributed by atoms with Crippen molar-refractivity contribution in [3.8, 4) is 0 Å². The summed E-state index contributed by atoms with van der Waals surface area (Å²) in [5.41, 5.74) is 0. The van der Waals surface area contributed by atoms with Gasteiger partial charge in [0.2, 0.25) is 5.91 Å². The standard InChI is InChI=1S/C12H23NO/c1-10(2)8-6-5-7-9-12(14)13-11(3)4/h6,8,10-11H,5,7,9H2,1-4H3,(H,13,14)/b8-6+. The molecule has 0 rings (SSSR count). The number of carbonyl (C=O) groups is 1. The topological polar surface area (TPSA) is 29.1 Å². The van der Waals surface area contributed by atoms with Gasteiger partial charge in [-0.05, 0) is 32.6 Å². The van der Waals surface area contributed by atoms with Crippen molar-refractivity contribution in [1.29, 1.82) is 0 Å². The van der Waals surface area contributed by atoms with E-state index in [9.17, 15) is 4.79 Å². The van der Waals surface area contributed by atoms with E-state index in [2.05, 4.69) is 31.3 Å². The lowest BCUT2D eigenvalue weighted by Crippen LogP contribution is -2.29. The van der Waals surface area contributed by atoms with Crippen molar-refractivity contribution < 1.29 is 4.79 Å². The zero-order valence-corrected chi connectivity index (χ0v) is 9.84. The summed E-state index contributed by atoms with van der Waals surface area (Å²) in [6.45, 7) is 8.27. The minimum Gasteiger partial charge on any atom is -0.354 e. The number of hydrogen-bond donors (Lipinski definition) is 1. The number of carbonyl (C=O) groups excluding carboxylic acids is 1. The number of nitrogens with one attached hydrogen (secondary N) is 1. The molecule has 0 aromatic carbocycles. The van der Waals surface area contributed by atoms with Crippen LogP contribution in [0.4, 0.5) is 0 Å². The molecular weight excluding hydrogens is 174 g/mol. The van der Waals surface area contributed by atoms with E-state index < -0.39 is 0 Å². The Bertz CT molecular complexity index is 183. The molecule has 0 radical (unpaired) electrons. The third-order valence-corrected chi connectivity index (χ3v) is 1.75. The molecule has 0 saturated carbocycles. The monoisotopic (exact) mass is 197 g/mol. The molecule has 0 heterocycles. The summed E-state index contributed by atoms with van der Waals surface area (Å²) >= 11 is 0. The minimum absolute atomic E-state index is 0.165. The van der Waals surface area contributed by atoms with Crippen LogP contribution in [0, 0.1) is 5.92 Å². The van der Waals surface area contributed by atoms with Crippen LogP contribution < -0.4 is 5.32 Å². The zero-order valence-electron chi connectivity index (χ0n) is 9.84. The Hall–Kier alpha value is -0.790. The first-order valence-corrected chi connectivity index (χ1v) is 5.48. The van der Waals surface area contributed by atoms with Crippen LogP contribution >= 0.6 is 0 Å². The lowest BCUT2D eigenvalue weighted by Gasteiger charge is -2.06. The summed E-state index contributed by atoms with van der Waals surface area (Å²) < 4.78 is 0. The maximum atomic E-state index is 11.2. The van der Waals surface area contributed by atoms with E-state index in [4.69, 9.17) is 0 Å². The average molecular weight is 197 g/mol. The Labute approximate surface area is 87.8 Å². The van der Waals surface area contributed by atoms with E-state index in [1.54, 1.807) is 0 Å². The molecule has 0 aromatic rings. The summed E-state index contributed by atoms with van der Waals surface area (Å²) in [7, 11) is 0. The first-order chi connectivity index (χ1) is 6.52. The molecular formula is C12H23NO. The second-order valence-electron chi connectivity index (χ2n) is 4.29. The maximum absolute atomic E-state index is 11.2. The molecule has 0 aliphatic heterocycles.